The smallest absolute Gasteiger partial charge is 0.309 e. The molecule has 0 aromatic carbocycles. The SMILES string of the molecule is CCCC(CCC)C(=O)OC1CC2CCC(C1)[N+]2(C)C.[Br-]. The van der Waals surface area contributed by atoms with Crippen molar-refractivity contribution in [1.29, 1.82) is 0 Å². The Morgan fingerprint density at radius 3 is 2.00 bits per heavy atom. The van der Waals surface area contributed by atoms with Crippen molar-refractivity contribution >= 4 is 5.97 Å². The molecule has 2 bridgehead atoms. The molecule has 0 spiro atoms. The number of piperidine rings is 1. The van der Waals surface area contributed by atoms with Crippen LogP contribution in [0.3, 0.4) is 0 Å². The second kappa shape index (κ2) is 7.96. The molecule has 0 radical (unpaired) electrons. The van der Waals surface area contributed by atoms with Crippen LogP contribution in [-0.2, 0) is 9.53 Å². The van der Waals surface area contributed by atoms with Crippen molar-refractivity contribution in [2.24, 2.45) is 5.92 Å². The van der Waals surface area contributed by atoms with Gasteiger partial charge in [-0.25, -0.2) is 0 Å². The summed E-state index contributed by atoms with van der Waals surface area (Å²) in [6.07, 6.45) is 9.03. The number of carbonyl (C=O) groups is 1. The van der Waals surface area contributed by atoms with Crippen molar-refractivity contribution in [3.8, 4) is 0 Å². The molecule has 21 heavy (non-hydrogen) atoms. The highest BCUT2D eigenvalue weighted by Gasteiger charge is 2.50. The van der Waals surface area contributed by atoms with E-state index in [4.69, 9.17) is 4.74 Å². The molecule has 2 heterocycles. The third kappa shape index (κ3) is 4.22. The van der Waals surface area contributed by atoms with Crippen LogP contribution >= 0.6 is 0 Å². The maximum absolute atomic E-state index is 12.4. The Morgan fingerprint density at radius 2 is 1.57 bits per heavy atom. The summed E-state index contributed by atoms with van der Waals surface area (Å²) in [7, 11) is 4.69. The number of ether oxygens (including phenoxy) is 1. The first kappa shape index (κ1) is 19.0. The molecule has 0 aromatic heterocycles. The monoisotopic (exact) mass is 361 g/mol. The predicted molar refractivity (Wildman–Crippen MR) is 81.3 cm³/mol. The van der Waals surface area contributed by atoms with Gasteiger partial charge >= 0.3 is 5.97 Å². The minimum Gasteiger partial charge on any atom is -1.00 e. The highest BCUT2D eigenvalue weighted by atomic mass is 79.9. The largest absolute Gasteiger partial charge is 1.00 e. The number of halogens is 1. The topological polar surface area (TPSA) is 26.3 Å². The van der Waals surface area contributed by atoms with Gasteiger partial charge in [-0.15, -0.1) is 0 Å². The van der Waals surface area contributed by atoms with E-state index in [9.17, 15) is 4.79 Å². The van der Waals surface area contributed by atoms with Crippen LogP contribution in [0.2, 0.25) is 0 Å². The van der Waals surface area contributed by atoms with Crippen molar-refractivity contribution in [3.05, 3.63) is 0 Å². The minimum absolute atomic E-state index is 0. The van der Waals surface area contributed by atoms with Gasteiger partial charge in [0.05, 0.1) is 32.1 Å². The average molecular weight is 362 g/mol. The molecule has 2 atom stereocenters. The Balaban J connectivity index is 0.00000220. The first-order valence-electron chi connectivity index (χ1n) is 8.52. The molecule has 4 heteroatoms. The lowest BCUT2D eigenvalue weighted by atomic mass is 9.96. The van der Waals surface area contributed by atoms with Crippen LogP contribution < -0.4 is 17.0 Å². The van der Waals surface area contributed by atoms with Crippen LogP contribution in [0.1, 0.15) is 65.2 Å². The summed E-state index contributed by atoms with van der Waals surface area (Å²) in [5, 5.41) is 0. The summed E-state index contributed by atoms with van der Waals surface area (Å²) < 4.78 is 7.02. The molecule has 2 fully saturated rings. The molecule has 3 nitrogen and oxygen atoms in total. The molecule has 0 aromatic rings. The molecule has 2 rings (SSSR count). The molecule has 0 aliphatic carbocycles. The number of rotatable bonds is 6. The van der Waals surface area contributed by atoms with Gasteiger partial charge in [-0.05, 0) is 12.8 Å². The second-order valence-corrected chi connectivity index (χ2v) is 7.32. The lowest BCUT2D eigenvalue weighted by molar-refractivity contribution is -0.931. The highest BCUT2D eigenvalue weighted by molar-refractivity contribution is 5.72. The van der Waals surface area contributed by atoms with Gasteiger partial charge in [-0.3, -0.25) is 4.79 Å². The van der Waals surface area contributed by atoms with Crippen LogP contribution in [0.25, 0.3) is 0 Å². The number of quaternary nitrogens is 1. The molecule has 124 valence electrons. The number of hydrogen-bond acceptors (Lipinski definition) is 2. The van der Waals surface area contributed by atoms with Crippen LogP contribution in [0.15, 0.2) is 0 Å². The third-order valence-corrected chi connectivity index (χ3v) is 5.68. The molecule has 2 unspecified atom stereocenters. The van der Waals surface area contributed by atoms with Gasteiger partial charge in [-0.1, -0.05) is 26.7 Å². The molecule has 0 saturated carbocycles. The minimum atomic E-state index is 0. The van der Waals surface area contributed by atoms with Crippen molar-refractivity contribution in [2.75, 3.05) is 14.1 Å². The van der Waals surface area contributed by atoms with Crippen molar-refractivity contribution in [3.63, 3.8) is 0 Å². The van der Waals surface area contributed by atoms with Gasteiger partial charge in [0.25, 0.3) is 0 Å². The number of hydrogen-bond donors (Lipinski definition) is 0. The van der Waals surface area contributed by atoms with Gasteiger partial charge < -0.3 is 26.2 Å². The van der Waals surface area contributed by atoms with E-state index in [-0.39, 0.29) is 35.0 Å². The number of nitrogens with zero attached hydrogens (tertiary/aromatic N) is 1. The molecule has 0 N–H and O–H groups in total. The average Bonchev–Trinajstić information content (AvgIpc) is 2.57. The summed E-state index contributed by atoms with van der Waals surface area (Å²) in [6.45, 7) is 4.30. The Hall–Kier alpha value is -0.0900. The highest BCUT2D eigenvalue weighted by Crippen LogP contribution is 2.40. The number of esters is 1. The van der Waals surface area contributed by atoms with Crippen molar-refractivity contribution in [1.82, 2.24) is 0 Å². The summed E-state index contributed by atoms with van der Waals surface area (Å²) in [4.78, 5) is 12.4. The second-order valence-electron chi connectivity index (χ2n) is 7.32. The molecular formula is C17H32BrNO2. The number of fused-ring (bicyclic) bond motifs is 2. The summed E-state index contributed by atoms with van der Waals surface area (Å²) in [5.74, 6) is 0.206. The van der Waals surface area contributed by atoms with E-state index in [1.807, 2.05) is 0 Å². The van der Waals surface area contributed by atoms with Gasteiger partial charge in [0.15, 0.2) is 0 Å². The Morgan fingerprint density at radius 1 is 1.10 bits per heavy atom. The predicted octanol–water partition coefficient (Wildman–Crippen LogP) is 0.520. The normalized spacial score (nSPS) is 30.0. The molecule has 0 amide bonds. The third-order valence-electron chi connectivity index (χ3n) is 5.68. The standard InChI is InChI=1S/C17H32NO2.BrH/c1-5-7-13(8-6-2)17(19)20-16-11-14-9-10-15(12-16)18(14,3)4;/h13-16H,5-12H2,1-4H3;1H/q+1;/p-1. The quantitative estimate of drug-likeness (QED) is 0.509. The van der Waals surface area contributed by atoms with E-state index >= 15 is 0 Å². The Bertz CT molecular complexity index is 324. The van der Waals surface area contributed by atoms with Gasteiger partial charge in [0.2, 0.25) is 0 Å². The lowest BCUT2D eigenvalue weighted by Gasteiger charge is -2.44. The van der Waals surface area contributed by atoms with Gasteiger partial charge in [-0.2, -0.15) is 0 Å². The van der Waals surface area contributed by atoms with E-state index < -0.39 is 0 Å². The molecule has 2 saturated heterocycles. The van der Waals surface area contributed by atoms with Crippen molar-refractivity contribution in [2.45, 2.75) is 83.4 Å². The van der Waals surface area contributed by atoms with E-state index in [1.54, 1.807) is 0 Å². The van der Waals surface area contributed by atoms with E-state index in [0.29, 0.717) is 12.1 Å². The van der Waals surface area contributed by atoms with E-state index in [2.05, 4.69) is 27.9 Å². The van der Waals surface area contributed by atoms with Crippen LogP contribution in [0.4, 0.5) is 0 Å². The molecular weight excluding hydrogens is 330 g/mol. The maximum Gasteiger partial charge on any atom is 0.309 e. The Labute approximate surface area is 140 Å². The first-order valence-corrected chi connectivity index (χ1v) is 8.52. The van der Waals surface area contributed by atoms with Crippen LogP contribution in [-0.4, -0.2) is 42.7 Å². The lowest BCUT2D eigenvalue weighted by Crippen LogP contribution is -3.00. The van der Waals surface area contributed by atoms with Crippen LogP contribution in [0, 0.1) is 5.92 Å². The van der Waals surface area contributed by atoms with Crippen LogP contribution in [0.5, 0.6) is 0 Å². The Kier molecular flexibility index (Phi) is 7.18. The first-order chi connectivity index (χ1) is 9.48. The summed E-state index contributed by atoms with van der Waals surface area (Å²) in [6, 6.07) is 1.39. The van der Waals surface area contributed by atoms with Gasteiger partial charge in [0.1, 0.15) is 6.10 Å². The summed E-state index contributed by atoms with van der Waals surface area (Å²) in [5.41, 5.74) is 0. The fourth-order valence-corrected chi connectivity index (χ4v) is 4.26. The molecule has 2 aliphatic heterocycles. The van der Waals surface area contributed by atoms with Crippen molar-refractivity contribution < 1.29 is 31.0 Å². The number of carbonyl (C=O) groups excluding carboxylic acids is 1. The summed E-state index contributed by atoms with van der Waals surface area (Å²) >= 11 is 0. The zero-order valence-corrected chi connectivity index (χ0v) is 15.7. The molecule has 2 aliphatic rings. The zero-order valence-electron chi connectivity index (χ0n) is 14.1. The van der Waals surface area contributed by atoms with Gasteiger partial charge in [0, 0.05) is 25.7 Å². The fraction of sp³-hybridized carbons (Fsp3) is 0.941. The fourth-order valence-electron chi connectivity index (χ4n) is 4.26. The van der Waals surface area contributed by atoms with E-state index in [0.717, 1.165) is 43.0 Å². The zero-order chi connectivity index (χ0) is 14.8. The van der Waals surface area contributed by atoms with E-state index in [1.165, 1.54) is 12.8 Å². The maximum atomic E-state index is 12.4.